The summed E-state index contributed by atoms with van der Waals surface area (Å²) in [4.78, 5) is 0. The Morgan fingerprint density at radius 2 is 1.93 bits per heavy atom. The Labute approximate surface area is 82.6 Å². The van der Waals surface area contributed by atoms with Crippen LogP contribution >= 0.6 is 0 Å². The minimum atomic E-state index is -0.670. The third-order valence-corrected chi connectivity index (χ3v) is 1.78. The molecule has 0 saturated carbocycles. The van der Waals surface area contributed by atoms with E-state index in [0.29, 0.717) is 12.1 Å². The molecule has 5 heteroatoms. The van der Waals surface area contributed by atoms with E-state index in [2.05, 4.69) is 5.32 Å². The Kier molecular flexibility index (Phi) is 4.93. The molecule has 0 heterocycles. The van der Waals surface area contributed by atoms with Crippen molar-refractivity contribution in [3.05, 3.63) is 23.8 Å². The predicted octanol–water partition coefficient (Wildman–Crippen LogP) is 0.513. The molecule has 0 aromatic heterocycles. The Balaban J connectivity index is 0.00000169. The minimum Gasteiger partial charge on any atom is -0.504 e. The molecule has 0 aliphatic rings. The van der Waals surface area contributed by atoms with Crippen molar-refractivity contribution in [1.82, 2.24) is 11.5 Å². The van der Waals surface area contributed by atoms with E-state index in [9.17, 15) is 5.11 Å². The van der Waals surface area contributed by atoms with Crippen LogP contribution < -0.4 is 11.5 Å². The summed E-state index contributed by atoms with van der Waals surface area (Å²) < 4.78 is 0. The lowest BCUT2D eigenvalue weighted by atomic mass is 10.1. The first-order chi connectivity index (χ1) is 6.15. The number of hydrogen-bond donors (Lipinski definition) is 5. The monoisotopic (exact) mass is 200 g/mol. The van der Waals surface area contributed by atoms with Crippen LogP contribution in [0.15, 0.2) is 18.2 Å². The lowest BCUT2D eigenvalue weighted by molar-refractivity contribution is 0.177. The van der Waals surface area contributed by atoms with Crippen molar-refractivity contribution in [2.75, 3.05) is 13.6 Å². The maximum absolute atomic E-state index is 9.48. The molecule has 0 aliphatic heterocycles. The lowest BCUT2D eigenvalue weighted by Gasteiger charge is -2.10. The van der Waals surface area contributed by atoms with Gasteiger partial charge < -0.3 is 26.8 Å². The number of phenolic OH excluding ortho intramolecular Hbond substituents is 2. The highest BCUT2D eigenvalue weighted by molar-refractivity contribution is 5.41. The van der Waals surface area contributed by atoms with Crippen molar-refractivity contribution in [3.8, 4) is 11.5 Å². The van der Waals surface area contributed by atoms with Crippen LogP contribution in [0.4, 0.5) is 0 Å². The van der Waals surface area contributed by atoms with Crippen molar-refractivity contribution in [1.29, 1.82) is 0 Å². The smallest absolute Gasteiger partial charge is 0.157 e. The molecule has 14 heavy (non-hydrogen) atoms. The van der Waals surface area contributed by atoms with Gasteiger partial charge in [-0.2, -0.15) is 0 Å². The van der Waals surface area contributed by atoms with Gasteiger partial charge in [0.1, 0.15) is 0 Å². The van der Waals surface area contributed by atoms with E-state index in [1.807, 2.05) is 0 Å². The van der Waals surface area contributed by atoms with Crippen LogP contribution in [0.1, 0.15) is 11.7 Å². The van der Waals surface area contributed by atoms with E-state index in [1.54, 1.807) is 13.1 Å². The summed E-state index contributed by atoms with van der Waals surface area (Å²) in [5.41, 5.74) is 0.574. The number of aromatic hydroxyl groups is 2. The van der Waals surface area contributed by atoms with Gasteiger partial charge in [0.15, 0.2) is 11.5 Å². The van der Waals surface area contributed by atoms with E-state index in [1.165, 1.54) is 12.1 Å². The Morgan fingerprint density at radius 1 is 1.29 bits per heavy atom. The second kappa shape index (κ2) is 5.43. The van der Waals surface area contributed by atoms with Gasteiger partial charge in [-0.3, -0.25) is 0 Å². The zero-order chi connectivity index (χ0) is 9.84. The minimum absolute atomic E-state index is 0. The largest absolute Gasteiger partial charge is 0.504 e. The Bertz CT molecular complexity index is 291. The fourth-order valence-electron chi connectivity index (χ4n) is 1.06. The van der Waals surface area contributed by atoms with Gasteiger partial charge in [0.25, 0.3) is 0 Å². The quantitative estimate of drug-likeness (QED) is 0.457. The molecule has 1 rings (SSSR count). The van der Waals surface area contributed by atoms with E-state index in [-0.39, 0.29) is 17.6 Å². The predicted molar refractivity (Wildman–Crippen MR) is 53.7 cm³/mol. The molecule has 0 saturated heterocycles. The molecule has 0 fully saturated rings. The van der Waals surface area contributed by atoms with E-state index in [4.69, 9.17) is 10.2 Å². The van der Waals surface area contributed by atoms with Crippen LogP contribution in [0.5, 0.6) is 11.5 Å². The molecule has 0 radical (unpaired) electrons. The number of benzene rings is 1. The lowest BCUT2D eigenvalue weighted by Crippen LogP contribution is -2.16. The molecular weight excluding hydrogens is 184 g/mol. The maximum atomic E-state index is 9.48. The molecule has 1 aromatic carbocycles. The summed E-state index contributed by atoms with van der Waals surface area (Å²) in [5, 5.41) is 30.4. The molecule has 1 atom stereocenters. The van der Waals surface area contributed by atoms with Crippen molar-refractivity contribution < 1.29 is 15.3 Å². The number of rotatable bonds is 3. The molecular formula is C9H16N2O3. The van der Waals surface area contributed by atoms with Crippen LogP contribution in [-0.4, -0.2) is 28.9 Å². The second-order valence-corrected chi connectivity index (χ2v) is 2.82. The number of nitrogens with one attached hydrogen (secondary N) is 1. The topological polar surface area (TPSA) is 108 Å². The van der Waals surface area contributed by atoms with E-state index < -0.39 is 6.10 Å². The van der Waals surface area contributed by atoms with Crippen LogP contribution in [0.2, 0.25) is 0 Å². The van der Waals surface area contributed by atoms with Crippen LogP contribution in [0, 0.1) is 0 Å². The standard InChI is InChI=1S/C9H13NO3.H3N/c1-10-5-9(13)6-2-3-7(11)8(12)4-6;/h2-4,9-13H,5H2,1H3;1H3/t9-;/m0./s1. The van der Waals surface area contributed by atoms with Gasteiger partial charge >= 0.3 is 0 Å². The molecule has 0 unspecified atom stereocenters. The summed E-state index contributed by atoms with van der Waals surface area (Å²) in [7, 11) is 1.73. The first-order valence-corrected chi connectivity index (χ1v) is 3.99. The zero-order valence-corrected chi connectivity index (χ0v) is 8.07. The molecule has 5 nitrogen and oxygen atoms in total. The zero-order valence-electron chi connectivity index (χ0n) is 8.07. The van der Waals surface area contributed by atoms with E-state index >= 15 is 0 Å². The van der Waals surface area contributed by atoms with Gasteiger partial charge in [-0.1, -0.05) is 6.07 Å². The fourth-order valence-corrected chi connectivity index (χ4v) is 1.06. The highest BCUT2D eigenvalue weighted by atomic mass is 16.3. The van der Waals surface area contributed by atoms with Crippen LogP contribution in [-0.2, 0) is 0 Å². The summed E-state index contributed by atoms with van der Waals surface area (Å²) in [6.07, 6.45) is -0.670. The van der Waals surface area contributed by atoms with Gasteiger partial charge in [-0.25, -0.2) is 0 Å². The van der Waals surface area contributed by atoms with Crippen LogP contribution in [0.3, 0.4) is 0 Å². The van der Waals surface area contributed by atoms with Gasteiger partial charge in [0.2, 0.25) is 0 Å². The molecule has 0 spiro atoms. The number of aliphatic hydroxyl groups is 1. The number of likely N-dealkylation sites (N-methyl/N-ethyl adjacent to an activating group) is 1. The third kappa shape index (κ3) is 2.88. The third-order valence-electron chi connectivity index (χ3n) is 1.78. The summed E-state index contributed by atoms with van der Waals surface area (Å²) >= 11 is 0. The molecule has 1 aromatic rings. The number of hydrogen-bond acceptors (Lipinski definition) is 5. The average molecular weight is 200 g/mol. The Hall–Kier alpha value is -1.30. The first kappa shape index (κ1) is 12.7. The van der Waals surface area contributed by atoms with Crippen molar-refractivity contribution >= 4 is 0 Å². The summed E-state index contributed by atoms with van der Waals surface area (Å²) in [6.45, 7) is 0.407. The molecule has 7 N–H and O–H groups in total. The van der Waals surface area contributed by atoms with E-state index in [0.717, 1.165) is 0 Å². The highest BCUT2D eigenvalue weighted by Gasteiger charge is 2.08. The van der Waals surface area contributed by atoms with Crippen molar-refractivity contribution in [2.45, 2.75) is 6.10 Å². The van der Waals surface area contributed by atoms with Crippen molar-refractivity contribution in [3.63, 3.8) is 0 Å². The highest BCUT2D eigenvalue weighted by Crippen LogP contribution is 2.27. The molecule has 80 valence electrons. The Morgan fingerprint density at radius 3 is 2.43 bits per heavy atom. The van der Waals surface area contributed by atoms with Crippen molar-refractivity contribution in [2.24, 2.45) is 0 Å². The second-order valence-electron chi connectivity index (χ2n) is 2.82. The van der Waals surface area contributed by atoms with Gasteiger partial charge in [-0.05, 0) is 24.7 Å². The molecule has 0 amide bonds. The fraction of sp³-hybridized carbons (Fsp3) is 0.333. The molecule has 0 bridgehead atoms. The maximum Gasteiger partial charge on any atom is 0.157 e. The summed E-state index contributed by atoms with van der Waals surface area (Å²) in [5.74, 6) is -0.395. The van der Waals surface area contributed by atoms with Gasteiger partial charge in [-0.15, -0.1) is 0 Å². The number of aliphatic hydroxyl groups excluding tert-OH is 1. The normalized spacial score (nSPS) is 11.9. The number of phenols is 2. The molecule has 0 aliphatic carbocycles. The van der Waals surface area contributed by atoms with Gasteiger partial charge in [0.05, 0.1) is 6.10 Å². The average Bonchev–Trinajstić information content (AvgIpc) is 2.10. The van der Waals surface area contributed by atoms with Gasteiger partial charge in [0, 0.05) is 6.54 Å². The SMILES string of the molecule is CNC[C@H](O)c1ccc(O)c(O)c1.N. The van der Waals surface area contributed by atoms with Crippen LogP contribution in [0.25, 0.3) is 0 Å². The summed E-state index contributed by atoms with van der Waals surface area (Å²) in [6, 6.07) is 4.26. The first-order valence-electron chi connectivity index (χ1n) is 3.99.